The molecule has 2 aromatic rings. The van der Waals surface area contributed by atoms with Gasteiger partial charge in [0.25, 0.3) is 5.56 Å². The van der Waals surface area contributed by atoms with Crippen molar-refractivity contribution in [1.82, 2.24) is 14.8 Å². The zero-order chi connectivity index (χ0) is 17.6. The van der Waals surface area contributed by atoms with Crippen LogP contribution in [0.25, 0.3) is 11.3 Å². The molecule has 2 aliphatic heterocycles. The number of fused-ring (bicyclic) bond motifs is 4. The van der Waals surface area contributed by atoms with E-state index in [0.29, 0.717) is 36.9 Å². The molecule has 4 rings (SSSR count). The average molecular weight is 341 g/mol. The number of amides is 2. The van der Waals surface area contributed by atoms with Crippen LogP contribution in [0.15, 0.2) is 39.7 Å². The lowest BCUT2D eigenvalue weighted by molar-refractivity contribution is 0.130. The molecule has 6 nitrogen and oxygen atoms in total. The lowest BCUT2D eigenvalue weighted by Crippen LogP contribution is -2.52. The Morgan fingerprint density at radius 3 is 2.80 bits per heavy atom. The molecule has 0 saturated carbocycles. The Balaban J connectivity index is 1.64. The van der Waals surface area contributed by atoms with Gasteiger partial charge in [-0.1, -0.05) is 0 Å². The van der Waals surface area contributed by atoms with E-state index in [1.165, 1.54) is 0 Å². The molecular weight excluding hydrogens is 318 g/mol. The Morgan fingerprint density at radius 2 is 2.08 bits per heavy atom. The first kappa shape index (κ1) is 16.0. The Bertz CT molecular complexity index is 838. The second-order valence-corrected chi connectivity index (χ2v) is 7.37. The van der Waals surface area contributed by atoms with Crippen LogP contribution >= 0.6 is 0 Å². The van der Waals surface area contributed by atoms with E-state index in [2.05, 4.69) is 5.32 Å². The molecule has 25 heavy (non-hydrogen) atoms. The van der Waals surface area contributed by atoms with Gasteiger partial charge in [0.15, 0.2) is 0 Å². The van der Waals surface area contributed by atoms with Crippen molar-refractivity contribution in [1.29, 1.82) is 0 Å². The minimum Gasteiger partial charge on any atom is -0.464 e. The molecule has 0 spiro atoms. The SMILES string of the molecule is CC(C)NC(=O)N1C[C@H]2C[C@H](C1)c1ccc(-c3ccco3)c(=O)n1C2. The molecule has 2 aromatic heterocycles. The van der Waals surface area contributed by atoms with Gasteiger partial charge in [0.1, 0.15) is 5.76 Å². The fourth-order valence-electron chi connectivity index (χ4n) is 4.07. The minimum atomic E-state index is -0.00676. The summed E-state index contributed by atoms with van der Waals surface area (Å²) in [6, 6.07) is 7.59. The number of carbonyl (C=O) groups excluding carboxylic acids is 1. The Labute approximate surface area is 146 Å². The van der Waals surface area contributed by atoms with E-state index in [1.807, 2.05) is 41.5 Å². The van der Waals surface area contributed by atoms with E-state index >= 15 is 0 Å². The van der Waals surface area contributed by atoms with Gasteiger partial charge in [0.2, 0.25) is 0 Å². The molecule has 0 aliphatic carbocycles. The lowest BCUT2D eigenvalue weighted by Gasteiger charge is -2.43. The summed E-state index contributed by atoms with van der Waals surface area (Å²) in [4.78, 5) is 27.2. The van der Waals surface area contributed by atoms with Crippen molar-refractivity contribution in [3.05, 3.63) is 46.6 Å². The molecule has 0 aromatic carbocycles. The van der Waals surface area contributed by atoms with Gasteiger partial charge in [0, 0.05) is 37.3 Å². The Morgan fingerprint density at radius 1 is 1.24 bits per heavy atom. The largest absolute Gasteiger partial charge is 0.464 e. The van der Waals surface area contributed by atoms with Crippen molar-refractivity contribution >= 4 is 6.03 Å². The first-order valence-electron chi connectivity index (χ1n) is 8.86. The second-order valence-electron chi connectivity index (χ2n) is 7.37. The molecule has 4 heterocycles. The van der Waals surface area contributed by atoms with Gasteiger partial charge < -0.3 is 19.2 Å². The average Bonchev–Trinajstić information content (AvgIpc) is 3.09. The molecule has 2 atom stereocenters. The van der Waals surface area contributed by atoms with Gasteiger partial charge in [0.05, 0.1) is 11.8 Å². The molecule has 2 bridgehead atoms. The van der Waals surface area contributed by atoms with E-state index in [1.54, 1.807) is 12.3 Å². The summed E-state index contributed by atoms with van der Waals surface area (Å²) >= 11 is 0. The zero-order valence-electron chi connectivity index (χ0n) is 14.6. The Hall–Kier alpha value is -2.50. The molecule has 132 valence electrons. The van der Waals surface area contributed by atoms with E-state index in [9.17, 15) is 9.59 Å². The molecule has 6 heteroatoms. The van der Waals surface area contributed by atoms with Crippen LogP contribution in [0.4, 0.5) is 4.79 Å². The van der Waals surface area contributed by atoms with E-state index in [4.69, 9.17) is 4.42 Å². The summed E-state index contributed by atoms with van der Waals surface area (Å²) in [6.45, 7) is 5.95. The summed E-state index contributed by atoms with van der Waals surface area (Å²) in [5, 5.41) is 2.97. The van der Waals surface area contributed by atoms with Gasteiger partial charge in [-0.3, -0.25) is 4.79 Å². The van der Waals surface area contributed by atoms with Gasteiger partial charge in [-0.2, -0.15) is 0 Å². The number of likely N-dealkylation sites (tertiary alicyclic amines) is 1. The minimum absolute atomic E-state index is 0.00207. The molecule has 1 fully saturated rings. The van der Waals surface area contributed by atoms with Crippen LogP contribution in [-0.4, -0.2) is 34.6 Å². The number of urea groups is 1. The summed E-state index contributed by atoms with van der Waals surface area (Å²) in [5.41, 5.74) is 1.63. The van der Waals surface area contributed by atoms with Crippen LogP contribution in [-0.2, 0) is 6.54 Å². The summed E-state index contributed by atoms with van der Waals surface area (Å²) < 4.78 is 7.28. The van der Waals surface area contributed by atoms with Crippen LogP contribution in [0, 0.1) is 5.92 Å². The number of hydrogen-bond donors (Lipinski definition) is 1. The van der Waals surface area contributed by atoms with Crippen molar-refractivity contribution in [2.24, 2.45) is 5.92 Å². The quantitative estimate of drug-likeness (QED) is 0.913. The van der Waals surface area contributed by atoms with Gasteiger partial charge in [-0.05, 0) is 50.5 Å². The van der Waals surface area contributed by atoms with Gasteiger partial charge in [-0.15, -0.1) is 0 Å². The predicted molar refractivity (Wildman–Crippen MR) is 94.5 cm³/mol. The van der Waals surface area contributed by atoms with Crippen molar-refractivity contribution in [2.45, 2.75) is 38.8 Å². The monoisotopic (exact) mass is 341 g/mol. The highest BCUT2D eigenvalue weighted by atomic mass is 16.3. The second kappa shape index (κ2) is 6.10. The van der Waals surface area contributed by atoms with Crippen molar-refractivity contribution in [3.63, 3.8) is 0 Å². The maximum absolute atomic E-state index is 12.9. The molecule has 0 unspecified atom stereocenters. The van der Waals surface area contributed by atoms with Crippen molar-refractivity contribution < 1.29 is 9.21 Å². The maximum Gasteiger partial charge on any atom is 0.317 e. The summed E-state index contributed by atoms with van der Waals surface area (Å²) in [7, 11) is 0. The number of rotatable bonds is 2. The number of pyridine rings is 1. The molecule has 1 N–H and O–H groups in total. The van der Waals surface area contributed by atoms with Crippen LogP contribution < -0.4 is 10.9 Å². The third-order valence-electron chi connectivity index (χ3n) is 5.09. The number of piperidine rings is 1. The zero-order valence-corrected chi connectivity index (χ0v) is 14.6. The number of nitrogens with one attached hydrogen (secondary N) is 1. The molecule has 2 amide bonds. The third kappa shape index (κ3) is 2.86. The number of nitrogens with zero attached hydrogens (tertiary/aromatic N) is 2. The van der Waals surface area contributed by atoms with Crippen molar-refractivity contribution in [2.75, 3.05) is 13.1 Å². The fourth-order valence-corrected chi connectivity index (χ4v) is 4.07. The highest BCUT2D eigenvalue weighted by Crippen LogP contribution is 2.35. The van der Waals surface area contributed by atoms with E-state index in [-0.39, 0.29) is 23.6 Å². The number of aromatic nitrogens is 1. The van der Waals surface area contributed by atoms with Crippen LogP contribution in [0.2, 0.25) is 0 Å². The Kier molecular flexibility index (Phi) is 3.90. The van der Waals surface area contributed by atoms with Crippen LogP contribution in [0.5, 0.6) is 0 Å². The highest BCUT2D eigenvalue weighted by molar-refractivity contribution is 5.74. The summed E-state index contributed by atoms with van der Waals surface area (Å²) in [6.07, 6.45) is 2.61. The topological polar surface area (TPSA) is 67.5 Å². The molecular formula is C19H23N3O3. The summed E-state index contributed by atoms with van der Waals surface area (Å²) in [5.74, 6) is 1.13. The number of carbonyl (C=O) groups is 1. The predicted octanol–water partition coefficient (Wildman–Crippen LogP) is 2.65. The van der Waals surface area contributed by atoms with Crippen LogP contribution in [0.3, 0.4) is 0 Å². The normalized spacial score (nSPS) is 22.0. The first-order chi connectivity index (χ1) is 12.0. The van der Waals surface area contributed by atoms with E-state index < -0.39 is 0 Å². The van der Waals surface area contributed by atoms with Crippen molar-refractivity contribution in [3.8, 4) is 11.3 Å². The maximum atomic E-state index is 12.9. The van der Waals surface area contributed by atoms with Gasteiger partial charge >= 0.3 is 6.03 Å². The molecule has 2 aliphatic rings. The first-order valence-corrected chi connectivity index (χ1v) is 8.86. The molecule has 1 saturated heterocycles. The van der Waals surface area contributed by atoms with Crippen LogP contribution in [0.1, 0.15) is 31.9 Å². The highest BCUT2D eigenvalue weighted by Gasteiger charge is 2.36. The van der Waals surface area contributed by atoms with Gasteiger partial charge in [-0.25, -0.2) is 4.79 Å². The standard InChI is InChI=1S/C19H23N3O3/c1-12(2)20-19(24)21-9-13-8-14(11-21)16-6-5-15(17-4-3-7-25-17)18(23)22(16)10-13/h3-7,12-14H,8-11H2,1-2H3,(H,20,24)/t13-,14-/m1/s1. The van der Waals surface area contributed by atoms with E-state index in [0.717, 1.165) is 12.1 Å². The third-order valence-corrected chi connectivity index (χ3v) is 5.09. The number of furan rings is 1. The number of hydrogen-bond acceptors (Lipinski definition) is 3. The smallest absolute Gasteiger partial charge is 0.317 e. The lowest BCUT2D eigenvalue weighted by atomic mass is 9.83. The fraction of sp³-hybridized carbons (Fsp3) is 0.474. The molecule has 0 radical (unpaired) electrons.